The number of aromatic nitrogens is 1. The zero-order valence-corrected chi connectivity index (χ0v) is 20.9. The summed E-state index contributed by atoms with van der Waals surface area (Å²) in [6.07, 6.45) is 6.32. The van der Waals surface area contributed by atoms with Gasteiger partial charge in [0.2, 0.25) is 0 Å². The number of ketones is 1. The summed E-state index contributed by atoms with van der Waals surface area (Å²) in [5.41, 5.74) is -0.618. The van der Waals surface area contributed by atoms with Crippen LogP contribution in [0.5, 0.6) is 0 Å². The Kier molecular flexibility index (Phi) is 9.25. The molecule has 0 unspecified atom stereocenters. The zero-order valence-electron chi connectivity index (χ0n) is 20.9. The lowest BCUT2D eigenvalue weighted by Gasteiger charge is -2.30. The fourth-order valence-electron chi connectivity index (χ4n) is 3.66. The van der Waals surface area contributed by atoms with Crippen LogP contribution in [-0.2, 0) is 9.47 Å². The largest absolute Gasteiger partial charge is 0.444 e. The summed E-state index contributed by atoms with van der Waals surface area (Å²) < 4.78 is 10.8. The molecule has 8 heteroatoms. The quantitative estimate of drug-likeness (QED) is 0.397. The number of ether oxygens (including phenoxy) is 2. The first-order valence-electron chi connectivity index (χ1n) is 11.8. The second-order valence-corrected chi connectivity index (χ2v) is 10.5. The first kappa shape index (κ1) is 26.6. The zero-order chi connectivity index (χ0) is 24.6. The number of unbranched alkanes of at least 4 members (excludes halogenated alkanes) is 1. The summed E-state index contributed by atoms with van der Waals surface area (Å²) >= 11 is 0. The number of amides is 2. The van der Waals surface area contributed by atoms with E-state index in [-0.39, 0.29) is 11.8 Å². The highest BCUT2D eigenvalue weighted by atomic mass is 16.6. The summed E-state index contributed by atoms with van der Waals surface area (Å²) in [6.45, 7) is 11.4. The standard InChI is InChI=1S/C25H39N3O5/c1-24(2,3)32-22(30)26-16-10-9-13-20(29)18-14-15-21(27-17-18)28(19-11-7-8-12-19)23(31)33-25(4,5)6/h14-15,17,19H,7-13,16H2,1-6H3,(H,26,30). The minimum atomic E-state index is -0.595. The van der Waals surface area contributed by atoms with Gasteiger partial charge in [-0.1, -0.05) is 12.8 Å². The van der Waals surface area contributed by atoms with Gasteiger partial charge >= 0.3 is 12.2 Å². The lowest BCUT2D eigenvalue weighted by Crippen LogP contribution is -2.43. The van der Waals surface area contributed by atoms with Gasteiger partial charge in [0.25, 0.3) is 0 Å². The van der Waals surface area contributed by atoms with E-state index >= 15 is 0 Å². The van der Waals surface area contributed by atoms with Gasteiger partial charge in [0.1, 0.15) is 17.0 Å². The van der Waals surface area contributed by atoms with Crippen LogP contribution in [0.25, 0.3) is 0 Å². The minimum Gasteiger partial charge on any atom is -0.444 e. The number of Topliss-reactive ketones (excluding diaryl/α,β-unsaturated/α-hetero) is 1. The number of rotatable bonds is 8. The Bertz CT molecular complexity index is 803. The molecule has 0 aromatic carbocycles. The van der Waals surface area contributed by atoms with Crippen LogP contribution in [-0.4, -0.2) is 46.7 Å². The molecule has 1 aromatic heterocycles. The van der Waals surface area contributed by atoms with Gasteiger partial charge in [0.15, 0.2) is 5.78 Å². The highest BCUT2D eigenvalue weighted by Crippen LogP contribution is 2.29. The maximum absolute atomic E-state index is 12.9. The second-order valence-electron chi connectivity index (χ2n) is 10.5. The summed E-state index contributed by atoms with van der Waals surface area (Å²) in [4.78, 5) is 43.1. The molecule has 2 rings (SSSR count). The molecule has 33 heavy (non-hydrogen) atoms. The number of hydrogen-bond acceptors (Lipinski definition) is 6. The average molecular weight is 462 g/mol. The topological polar surface area (TPSA) is 97.8 Å². The molecule has 1 aromatic rings. The molecule has 1 aliphatic rings. The summed E-state index contributed by atoms with van der Waals surface area (Å²) in [5.74, 6) is 0.491. The van der Waals surface area contributed by atoms with Crippen LogP contribution >= 0.6 is 0 Å². The molecular weight excluding hydrogens is 422 g/mol. The summed E-state index contributed by atoms with van der Waals surface area (Å²) in [5, 5.41) is 2.69. The van der Waals surface area contributed by atoms with Crippen LogP contribution in [0.15, 0.2) is 18.3 Å². The van der Waals surface area contributed by atoms with E-state index in [0.29, 0.717) is 37.2 Å². The molecule has 0 aliphatic heterocycles. The highest BCUT2D eigenvalue weighted by Gasteiger charge is 2.32. The number of anilines is 1. The number of nitrogens with zero attached hydrogens (tertiary/aromatic N) is 2. The molecular formula is C25H39N3O5. The number of hydrogen-bond donors (Lipinski definition) is 1. The van der Waals surface area contributed by atoms with Crippen molar-refractivity contribution in [3.63, 3.8) is 0 Å². The van der Waals surface area contributed by atoms with Crippen LogP contribution in [0.4, 0.5) is 15.4 Å². The molecule has 0 radical (unpaired) electrons. The van der Waals surface area contributed by atoms with Crippen LogP contribution in [0.2, 0.25) is 0 Å². The lowest BCUT2D eigenvalue weighted by atomic mass is 10.1. The third-order valence-corrected chi connectivity index (χ3v) is 5.10. The van der Waals surface area contributed by atoms with Crippen LogP contribution in [0.1, 0.15) is 96.8 Å². The normalized spacial score (nSPS) is 14.6. The van der Waals surface area contributed by atoms with Crippen molar-refractivity contribution < 1.29 is 23.9 Å². The predicted molar refractivity (Wildman–Crippen MR) is 128 cm³/mol. The monoisotopic (exact) mass is 461 g/mol. The van der Waals surface area contributed by atoms with Crippen molar-refractivity contribution in [2.75, 3.05) is 11.4 Å². The Morgan fingerprint density at radius 2 is 1.64 bits per heavy atom. The molecule has 1 heterocycles. The van der Waals surface area contributed by atoms with Gasteiger partial charge in [-0.3, -0.25) is 9.69 Å². The molecule has 2 amide bonds. The smallest absolute Gasteiger partial charge is 0.416 e. The summed E-state index contributed by atoms with van der Waals surface area (Å²) in [6, 6.07) is 3.50. The van der Waals surface area contributed by atoms with Crippen LogP contribution in [0.3, 0.4) is 0 Å². The van der Waals surface area contributed by atoms with Gasteiger partial charge in [-0.15, -0.1) is 0 Å². The lowest BCUT2D eigenvalue weighted by molar-refractivity contribution is 0.0524. The molecule has 1 aliphatic carbocycles. The van der Waals surface area contributed by atoms with Crippen molar-refractivity contribution in [1.82, 2.24) is 10.3 Å². The Balaban J connectivity index is 1.89. The van der Waals surface area contributed by atoms with Crippen molar-refractivity contribution in [2.24, 2.45) is 0 Å². The summed E-state index contributed by atoms with van der Waals surface area (Å²) in [7, 11) is 0. The van der Waals surface area contributed by atoms with E-state index in [1.165, 1.54) is 6.20 Å². The maximum Gasteiger partial charge on any atom is 0.416 e. The van der Waals surface area contributed by atoms with E-state index in [1.54, 1.807) is 17.0 Å². The number of alkyl carbamates (subject to hydrolysis) is 1. The van der Waals surface area contributed by atoms with Crippen molar-refractivity contribution in [1.29, 1.82) is 0 Å². The van der Waals surface area contributed by atoms with Crippen molar-refractivity contribution in [2.45, 2.75) is 104 Å². The van der Waals surface area contributed by atoms with Gasteiger partial charge in [0, 0.05) is 30.8 Å². The molecule has 0 atom stereocenters. The number of pyridine rings is 1. The second kappa shape index (κ2) is 11.5. The number of carbonyl (C=O) groups excluding carboxylic acids is 3. The first-order chi connectivity index (χ1) is 15.4. The SMILES string of the molecule is CC(C)(C)OC(=O)NCCCCC(=O)c1ccc(N(C(=O)OC(C)(C)C)C2CCCC2)nc1. The molecule has 1 saturated carbocycles. The molecule has 0 saturated heterocycles. The molecule has 184 valence electrons. The fraction of sp³-hybridized carbons (Fsp3) is 0.680. The molecule has 8 nitrogen and oxygen atoms in total. The Morgan fingerprint density at radius 3 is 2.18 bits per heavy atom. The van der Waals surface area contributed by atoms with Gasteiger partial charge in [0.05, 0.1) is 0 Å². The van der Waals surface area contributed by atoms with E-state index in [2.05, 4.69) is 10.3 Å². The van der Waals surface area contributed by atoms with Crippen molar-refractivity contribution in [3.05, 3.63) is 23.9 Å². The first-order valence-corrected chi connectivity index (χ1v) is 11.8. The minimum absolute atomic E-state index is 0.0176. The van der Waals surface area contributed by atoms with E-state index in [4.69, 9.17) is 9.47 Å². The number of nitrogens with one attached hydrogen (secondary N) is 1. The number of carbonyl (C=O) groups is 3. The molecule has 1 N–H and O–H groups in total. The van der Waals surface area contributed by atoms with E-state index in [9.17, 15) is 14.4 Å². The third kappa shape index (κ3) is 9.40. The molecule has 0 bridgehead atoms. The highest BCUT2D eigenvalue weighted by molar-refractivity contribution is 5.96. The van der Waals surface area contributed by atoms with Gasteiger partial charge in [-0.25, -0.2) is 14.6 Å². The van der Waals surface area contributed by atoms with E-state index in [1.807, 2.05) is 41.5 Å². The van der Waals surface area contributed by atoms with Crippen molar-refractivity contribution >= 4 is 23.8 Å². The Hall–Kier alpha value is -2.64. The molecule has 1 fully saturated rings. The van der Waals surface area contributed by atoms with Gasteiger partial charge in [-0.05, 0) is 79.4 Å². The van der Waals surface area contributed by atoms with E-state index in [0.717, 1.165) is 25.7 Å². The molecule has 0 spiro atoms. The third-order valence-electron chi connectivity index (χ3n) is 5.10. The predicted octanol–water partition coefficient (Wildman–Crippen LogP) is 5.64. The van der Waals surface area contributed by atoms with Crippen molar-refractivity contribution in [3.8, 4) is 0 Å². The Labute approximate surface area is 197 Å². The average Bonchev–Trinajstić information content (AvgIpc) is 3.19. The van der Waals surface area contributed by atoms with E-state index < -0.39 is 23.4 Å². The van der Waals surface area contributed by atoms with Gasteiger partial charge < -0.3 is 14.8 Å². The Morgan fingerprint density at radius 1 is 1.00 bits per heavy atom. The maximum atomic E-state index is 12.9. The van der Waals surface area contributed by atoms with Gasteiger partial charge in [-0.2, -0.15) is 0 Å². The van der Waals surface area contributed by atoms with Crippen LogP contribution < -0.4 is 10.2 Å². The van der Waals surface area contributed by atoms with Crippen LogP contribution in [0, 0.1) is 0 Å². The fourth-order valence-corrected chi connectivity index (χ4v) is 3.66.